The summed E-state index contributed by atoms with van der Waals surface area (Å²) in [7, 11) is 2.08. The Kier molecular flexibility index (Phi) is 15.5. The Labute approximate surface area is 331 Å². The molecule has 18 nitrogen and oxygen atoms in total. The number of halogens is 2. The number of likely N-dealkylation sites (N-methyl/N-ethyl adjacent to an activating group) is 1. The number of amides is 4. The monoisotopic (exact) mass is 823 g/mol. The number of rotatable bonds is 20. The van der Waals surface area contributed by atoms with E-state index in [0.29, 0.717) is 43.0 Å². The molecule has 4 N–H and O–H groups in total. The van der Waals surface area contributed by atoms with Crippen LogP contribution in [0.25, 0.3) is 0 Å². The number of aliphatic hydroxyl groups excluding tert-OH is 2. The first kappa shape index (κ1) is 42.9. The van der Waals surface area contributed by atoms with Crippen LogP contribution in [0.1, 0.15) is 41.9 Å². The van der Waals surface area contributed by atoms with Crippen molar-refractivity contribution in [2.75, 3.05) is 71.6 Å². The maximum atomic E-state index is 12.6. The fourth-order valence-corrected chi connectivity index (χ4v) is 6.75. The van der Waals surface area contributed by atoms with Crippen molar-refractivity contribution in [3.05, 3.63) is 63.1 Å². The van der Waals surface area contributed by atoms with Crippen LogP contribution in [0.2, 0.25) is 10.0 Å². The molecule has 3 aliphatic rings. The van der Waals surface area contributed by atoms with Gasteiger partial charge in [0.15, 0.2) is 12.2 Å². The number of carbonyl (C=O) groups excluding carboxylic acids is 6. The summed E-state index contributed by atoms with van der Waals surface area (Å²) in [5, 5.41) is 27.6. The summed E-state index contributed by atoms with van der Waals surface area (Å²) in [6, 6.07) is 11.0. The van der Waals surface area contributed by atoms with E-state index in [9.17, 15) is 39.0 Å². The lowest BCUT2D eigenvalue weighted by Gasteiger charge is -2.33. The van der Waals surface area contributed by atoms with Gasteiger partial charge in [0.25, 0.3) is 23.6 Å². The maximum Gasteiger partial charge on any atom is 0.364 e. The Morgan fingerprint density at radius 2 is 1.43 bits per heavy atom. The number of fused-ring (bicyclic) bond motifs is 1. The van der Waals surface area contributed by atoms with Crippen LogP contribution in [-0.4, -0.2) is 145 Å². The van der Waals surface area contributed by atoms with Gasteiger partial charge in [-0.05, 0) is 48.0 Å². The van der Waals surface area contributed by atoms with Crippen LogP contribution in [-0.2, 0) is 59.2 Å². The predicted molar refractivity (Wildman–Crippen MR) is 196 cm³/mol. The van der Waals surface area contributed by atoms with Crippen molar-refractivity contribution in [1.82, 2.24) is 20.3 Å². The average Bonchev–Trinajstić information content (AvgIpc) is 3.63. The first-order valence-corrected chi connectivity index (χ1v) is 18.6. The smallest absolute Gasteiger partial charge is 0.364 e. The van der Waals surface area contributed by atoms with Crippen molar-refractivity contribution >= 4 is 64.5 Å². The van der Waals surface area contributed by atoms with Crippen molar-refractivity contribution in [1.29, 1.82) is 0 Å². The summed E-state index contributed by atoms with van der Waals surface area (Å²) in [5.41, 5.74) is 4.40. The first-order valence-electron chi connectivity index (χ1n) is 17.8. The van der Waals surface area contributed by atoms with Crippen LogP contribution in [0, 0.1) is 0 Å². The second-order valence-electron chi connectivity index (χ2n) is 13.1. The minimum absolute atomic E-state index is 0.101. The number of hydroxylamine groups is 4. The van der Waals surface area contributed by atoms with Crippen LogP contribution in [0.4, 0.5) is 5.69 Å². The Morgan fingerprint density at radius 1 is 0.821 bits per heavy atom. The highest BCUT2D eigenvalue weighted by molar-refractivity contribution is 6.35. The summed E-state index contributed by atoms with van der Waals surface area (Å²) < 4.78 is 16.7. The van der Waals surface area contributed by atoms with E-state index in [-0.39, 0.29) is 55.1 Å². The number of anilines is 1. The van der Waals surface area contributed by atoms with Gasteiger partial charge in [0, 0.05) is 60.7 Å². The molecular formula is C36H43Cl2N5O13. The van der Waals surface area contributed by atoms with E-state index >= 15 is 0 Å². The van der Waals surface area contributed by atoms with Gasteiger partial charge in [-0.15, -0.1) is 10.1 Å². The topological polar surface area (TPSA) is 223 Å². The molecular weight excluding hydrogens is 781 g/mol. The van der Waals surface area contributed by atoms with Gasteiger partial charge in [-0.3, -0.25) is 19.2 Å². The predicted octanol–water partition coefficient (Wildman–Crippen LogP) is 0.537. The van der Waals surface area contributed by atoms with E-state index in [2.05, 4.69) is 44.4 Å². The molecule has 2 aromatic carbocycles. The number of hydrogen-bond acceptors (Lipinski definition) is 16. The third-order valence-corrected chi connectivity index (χ3v) is 9.55. The largest absolute Gasteiger partial charge is 0.383 e. The molecule has 0 aliphatic carbocycles. The number of carbonyl (C=O) groups is 6. The van der Waals surface area contributed by atoms with Crippen molar-refractivity contribution in [2.24, 2.45) is 0 Å². The standard InChI is InChI=1S/C36H43Cl2N5O13/c1-41-19-25(24-16-22(37)17-27(38)26(24)20-41)21-3-2-4-23(15-21)39-7-9-52-11-13-54-14-12-53-10-8-40-28-18-31(46)43(34(28)49)56-36(51)33(48)32(47)35(50)55-42-29(44)5-6-30(42)45/h2-4,15-17,25,28,32-33,39-40,47-48H,5-14,18-20H2,1H3. The van der Waals surface area contributed by atoms with Crippen molar-refractivity contribution in [2.45, 2.75) is 50.0 Å². The average molecular weight is 825 g/mol. The van der Waals surface area contributed by atoms with Crippen LogP contribution in [0.3, 0.4) is 0 Å². The second-order valence-corrected chi connectivity index (χ2v) is 14.0. The third kappa shape index (κ3) is 11.2. The summed E-state index contributed by atoms with van der Waals surface area (Å²) in [6.45, 7) is 4.29. The SMILES string of the molecule is CN1Cc2c(Cl)cc(Cl)cc2C(c2cccc(NCCOCCOCCOCCNC3CC(=O)N(OC(=O)C(O)C(O)C(=O)ON4C(=O)CCC4=O)C3=O)c2)C1. The highest BCUT2D eigenvalue weighted by atomic mass is 35.5. The van der Waals surface area contributed by atoms with E-state index in [0.717, 1.165) is 29.9 Å². The summed E-state index contributed by atoms with van der Waals surface area (Å²) in [4.78, 5) is 83.5. The number of nitrogens with zero attached hydrogens (tertiary/aromatic N) is 3. The Morgan fingerprint density at radius 3 is 2.09 bits per heavy atom. The van der Waals surface area contributed by atoms with Gasteiger partial charge in [0.2, 0.25) is 0 Å². The highest BCUT2D eigenvalue weighted by Gasteiger charge is 2.44. The van der Waals surface area contributed by atoms with E-state index in [4.69, 9.17) is 37.4 Å². The fourth-order valence-electron chi connectivity index (χ4n) is 6.18. The zero-order chi connectivity index (χ0) is 40.4. The molecule has 3 heterocycles. The lowest BCUT2D eigenvalue weighted by Crippen LogP contribution is -2.48. The Bertz CT molecular complexity index is 1770. The molecule has 0 spiro atoms. The highest BCUT2D eigenvalue weighted by Crippen LogP contribution is 2.39. The number of benzene rings is 2. The molecule has 5 rings (SSSR count). The van der Waals surface area contributed by atoms with Gasteiger partial charge in [-0.2, -0.15) is 0 Å². The van der Waals surface area contributed by atoms with Gasteiger partial charge in [0.1, 0.15) is 0 Å². The van der Waals surface area contributed by atoms with E-state index in [1.807, 2.05) is 18.2 Å². The molecule has 0 saturated carbocycles. The fraction of sp³-hybridized carbons (Fsp3) is 0.500. The minimum Gasteiger partial charge on any atom is -0.383 e. The number of nitrogens with one attached hydrogen (secondary N) is 2. The summed E-state index contributed by atoms with van der Waals surface area (Å²) in [5.74, 6) is -6.88. The van der Waals surface area contributed by atoms with Crippen molar-refractivity contribution in [3.8, 4) is 0 Å². The second kappa shape index (κ2) is 20.3. The first-order chi connectivity index (χ1) is 26.8. The molecule has 0 bridgehead atoms. The molecule has 0 aromatic heterocycles. The minimum atomic E-state index is -2.60. The van der Waals surface area contributed by atoms with Crippen molar-refractivity contribution < 1.29 is 62.9 Å². The molecule has 304 valence electrons. The lowest BCUT2D eigenvalue weighted by molar-refractivity contribution is -0.216. The maximum absolute atomic E-state index is 12.6. The van der Waals surface area contributed by atoms with Crippen molar-refractivity contribution in [3.63, 3.8) is 0 Å². The van der Waals surface area contributed by atoms with Gasteiger partial charge in [-0.1, -0.05) is 35.3 Å². The molecule has 2 aromatic rings. The Balaban J connectivity index is 0.894. The van der Waals surface area contributed by atoms with E-state index in [1.165, 1.54) is 5.56 Å². The molecule has 3 aliphatic heterocycles. The number of aliphatic hydroxyl groups is 2. The van der Waals surface area contributed by atoms with Crippen LogP contribution in [0.15, 0.2) is 36.4 Å². The number of ether oxygens (including phenoxy) is 3. The summed E-state index contributed by atoms with van der Waals surface area (Å²) >= 11 is 12.9. The van der Waals surface area contributed by atoms with E-state index < -0.39 is 53.8 Å². The van der Waals surface area contributed by atoms with Crippen LogP contribution >= 0.6 is 23.2 Å². The Hall–Kier alpha value is -4.24. The zero-order valence-electron chi connectivity index (χ0n) is 30.4. The van der Waals surface area contributed by atoms with E-state index in [1.54, 1.807) is 6.07 Å². The quantitative estimate of drug-likeness (QED) is 0.106. The van der Waals surface area contributed by atoms with Crippen LogP contribution < -0.4 is 10.6 Å². The van der Waals surface area contributed by atoms with Crippen LogP contribution in [0.5, 0.6) is 0 Å². The van der Waals surface area contributed by atoms with Gasteiger partial charge in [-0.25, -0.2) is 9.59 Å². The molecule has 20 heteroatoms. The number of hydrogen-bond donors (Lipinski definition) is 4. The lowest BCUT2D eigenvalue weighted by atomic mass is 9.84. The molecule has 4 amide bonds. The molecule has 4 unspecified atom stereocenters. The molecule has 4 atom stereocenters. The summed E-state index contributed by atoms with van der Waals surface area (Å²) in [6.07, 6.45) is -6.02. The van der Waals surface area contributed by atoms with Gasteiger partial charge >= 0.3 is 11.9 Å². The van der Waals surface area contributed by atoms with Gasteiger partial charge < -0.3 is 49.6 Å². The molecule has 2 saturated heterocycles. The zero-order valence-corrected chi connectivity index (χ0v) is 32.0. The molecule has 0 radical (unpaired) electrons. The number of imide groups is 2. The van der Waals surface area contributed by atoms with Gasteiger partial charge in [0.05, 0.1) is 52.1 Å². The normalized spacial score (nSPS) is 19.7. The molecule has 56 heavy (non-hydrogen) atoms. The molecule has 2 fully saturated rings. The third-order valence-electron chi connectivity index (χ3n) is 8.99.